The number of nitrogens with zero attached hydrogens (tertiary/aromatic N) is 4. The molecular weight excluding hydrogens is 470 g/mol. The van der Waals surface area contributed by atoms with E-state index in [1.54, 1.807) is 6.92 Å². The molecule has 1 aliphatic heterocycles. The van der Waals surface area contributed by atoms with Crippen molar-refractivity contribution in [3.63, 3.8) is 0 Å². The number of anilines is 1. The van der Waals surface area contributed by atoms with Crippen LogP contribution >= 0.6 is 0 Å². The van der Waals surface area contributed by atoms with Crippen LogP contribution in [0, 0.1) is 0 Å². The van der Waals surface area contributed by atoms with Crippen LogP contribution in [0.25, 0.3) is 11.0 Å². The summed E-state index contributed by atoms with van der Waals surface area (Å²) in [6.07, 6.45) is -9.32. The van der Waals surface area contributed by atoms with Crippen LogP contribution in [0.5, 0.6) is 0 Å². The summed E-state index contributed by atoms with van der Waals surface area (Å²) in [5.74, 6) is -1.76. The summed E-state index contributed by atoms with van der Waals surface area (Å²) in [6, 6.07) is 0. The molecule has 5 atom stereocenters. The summed E-state index contributed by atoms with van der Waals surface area (Å²) < 4.78 is 13.0. The molecule has 1 fully saturated rings. The Bertz CT molecular complexity index is 1220. The van der Waals surface area contributed by atoms with Gasteiger partial charge in [-0.05, 0) is 12.8 Å². The Labute approximate surface area is 198 Å². The number of hydrogen-bond acceptors (Lipinski definition) is 11. The standard InChI is InChI=1S/C20H29N5O10/c1-4-6-8-23-15-9(16(29)24(7-5-2)19(23)32)14(21-3)25(22-15)20(33)35-18-12(28)10(26)11(27)13(34-18)17(30)31/h10-13,18,21,26-28H,4-8H2,1-3H3,(H,30,31). The SMILES string of the molecule is CCCCn1c(=O)n(CCC)c(=O)c2c(NC)n(C(=O)OC3OC(C(=O)O)C(O)C(O)C3O)nc21. The van der Waals surface area contributed by atoms with E-state index in [2.05, 4.69) is 10.4 Å². The first kappa shape index (κ1) is 26.3. The van der Waals surface area contributed by atoms with Gasteiger partial charge >= 0.3 is 17.8 Å². The first-order valence-corrected chi connectivity index (χ1v) is 11.2. The number of carboxylic acid groups (broad SMARTS) is 1. The number of aliphatic hydroxyl groups is 3. The van der Waals surface area contributed by atoms with Crippen LogP contribution in [-0.2, 0) is 27.4 Å². The molecule has 0 spiro atoms. The number of carbonyl (C=O) groups excluding carboxylic acids is 1. The number of carbonyl (C=O) groups is 2. The monoisotopic (exact) mass is 499 g/mol. The zero-order chi connectivity index (χ0) is 26.0. The first-order valence-electron chi connectivity index (χ1n) is 11.2. The molecule has 35 heavy (non-hydrogen) atoms. The highest BCUT2D eigenvalue weighted by atomic mass is 16.7. The maximum atomic E-state index is 13.1. The fraction of sp³-hybridized carbons (Fsp3) is 0.650. The second kappa shape index (κ2) is 10.6. The molecule has 194 valence electrons. The van der Waals surface area contributed by atoms with Gasteiger partial charge in [0, 0.05) is 20.1 Å². The van der Waals surface area contributed by atoms with Crippen LogP contribution in [0.3, 0.4) is 0 Å². The molecule has 2 aromatic rings. The Hall–Kier alpha value is -3.27. The van der Waals surface area contributed by atoms with Gasteiger partial charge < -0.3 is 35.2 Å². The number of carboxylic acids is 1. The smallest absolute Gasteiger partial charge is 0.439 e. The van der Waals surface area contributed by atoms with Crippen molar-refractivity contribution in [2.45, 2.75) is 76.9 Å². The number of aryl methyl sites for hydroxylation is 1. The number of ether oxygens (including phenoxy) is 2. The highest BCUT2D eigenvalue weighted by Gasteiger charge is 2.49. The maximum Gasteiger partial charge on any atom is 0.439 e. The van der Waals surface area contributed by atoms with Crippen molar-refractivity contribution in [3.8, 4) is 0 Å². The van der Waals surface area contributed by atoms with E-state index >= 15 is 0 Å². The van der Waals surface area contributed by atoms with Gasteiger partial charge in [-0.3, -0.25) is 13.9 Å². The van der Waals surface area contributed by atoms with Crippen molar-refractivity contribution in [1.82, 2.24) is 18.9 Å². The number of rotatable bonds is 8. The molecule has 1 saturated heterocycles. The van der Waals surface area contributed by atoms with E-state index in [-0.39, 0.29) is 29.9 Å². The molecule has 3 rings (SSSR count). The minimum atomic E-state index is -1.98. The lowest BCUT2D eigenvalue weighted by Crippen LogP contribution is -2.60. The average Bonchev–Trinajstić information content (AvgIpc) is 3.21. The first-order chi connectivity index (χ1) is 16.6. The Kier molecular flexibility index (Phi) is 7.94. The number of unbranched alkanes of at least 4 members (excludes halogenated alkanes) is 1. The van der Waals surface area contributed by atoms with Gasteiger partial charge in [0.2, 0.25) is 6.29 Å². The summed E-state index contributed by atoms with van der Waals surface area (Å²) in [7, 11) is 1.41. The quantitative estimate of drug-likeness (QED) is 0.281. The third-order valence-corrected chi connectivity index (χ3v) is 5.67. The fourth-order valence-electron chi connectivity index (χ4n) is 3.85. The van der Waals surface area contributed by atoms with Crippen molar-refractivity contribution in [2.75, 3.05) is 12.4 Å². The maximum absolute atomic E-state index is 13.1. The van der Waals surface area contributed by atoms with Gasteiger partial charge in [0.25, 0.3) is 5.56 Å². The molecule has 3 heterocycles. The zero-order valence-electron chi connectivity index (χ0n) is 19.4. The molecule has 0 bridgehead atoms. The van der Waals surface area contributed by atoms with Crippen molar-refractivity contribution < 1.29 is 39.5 Å². The number of aromatic nitrogens is 4. The lowest BCUT2D eigenvalue weighted by molar-refractivity contribution is -0.278. The number of aliphatic carboxylic acids is 1. The molecule has 0 aromatic carbocycles. The van der Waals surface area contributed by atoms with E-state index in [0.29, 0.717) is 17.5 Å². The second-order valence-corrected chi connectivity index (χ2v) is 8.07. The van der Waals surface area contributed by atoms with Crippen LogP contribution < -0.4 is 16.6 Å². The van der Waals surface area contributed by atoms with E-state index in [9.17, 15) is 39.6 Å². The minimum Gasteiger partial charge on any atom is -0.479 e. The largest absolute Gasteiger partial charge is 0.479 e. The summed E-state index contributed by atoms with van der Waals surface area (Å²) in [5.41, 5.74) is -1.31. The predicted octanol–water partition coefficient (Wildman–Crippen LogP) is -1.51. The lowest BCUT2D eigenvalue weighted by atomic mass is 9.99. The summed E-state index contributed by atoms with van der Waals surface area (Å²) in [6.45, 7) is 4.11. The van der Waals surface area contributed by atoms with Gasteiger partial charge in [-0.2, -0.15) is 0 Å². The van der Waals surface area contributed by atoms with Crippen LogP contribution in [0.4, 0.5) is 10.6 Å². The topological polar surface area (TPSA) is 207 Å². The summed E-state index contributed by atoms with van der Waals surface area (Å²) in [4.78, 5) is 50.4. The van der Waals surface area contributed by atoms with Crippen molar-refractivity contribution in [2.24, 2.45) is 0 Å². The molecule has 0 amide bonds. The highest BCUT2D eigenvalue weighted by Crippen LogP contribution is 2.25. The number of nitrogens with one attached hydrogen (secondary N) is 1. The molecular formula is C20H29N5O10. The molecule has 5 unspecified atom stereocenters. The van der Waals surface area contributed by atoms with Gasteiger partial charge in [0.1, 0.15) is 23.7 Å². The van der Waals surface area contributed by atoms with E-state index in [1.165, 1.54) is 11.6 Å². The van der Waals surface area contributed by atoms with E-state index < -0.39 is 54.0 Å². The molecule has 0 aliphatic carbocycles. The molecule has 15 nitrogen and oxygen atoms in total. The Morgan fingerprint density at radius 2 is 1.74 bits per heavy atom. The Morgan fingerprint density at radius 3 is 2.31 bits per heavy atom. The van der Waals surface area contributed by atoms with Crippen LogP contribution in [0.1, 0.15) is 33.1 Å². The summed E-state index contributed by atoms with van der Waals surface area (Å²) in [5, 5.41) is 45.8. The Balaban J connectivity index is 2.09. The van der Waals surface area contributed by atoms with Crippen molar-refractivity contribution in [1.29, 1.82) is 0 Å². The van der Waals surface area contributed by atoms with Crippen molar-refractivity contribution in [3.05, 3.63) is 20.8 Å². The third kappa shape index (κ3) is 4.67. The van der Waals surface area contributed by atoms with Gasteiger partial charge in [-0.1, -0.05) is 20.3 Å². The molecule has 0 radical (unpaired) electrons. The van der Waals surface area contributed by atoms with Gasteiger partial charge in [0.15, 0.2) is 17.6 Å². The molecule has 2 aromatic heterocycles. The van der Waals surface area contributed by atoms with Crippen LogP contribution in [0.2, 0.25) is 0 Å². The molecule has 1 aliphatic rings. The normalized spacial score (nSPS) is 24.5. The number of fused-ring (bicyclic) bond motifs is 1. The number of aliphatic hydroxyl groups excluding tert-OH is 3. The van der Waals surface area contributed by atoms with Gasteiger partial charge in [0.05, 0.1) is 0 Å². The summed E-state index contributed by atoms with van der Waals surface area (Å²) >= 11 is 0. The molecule has 0 saturated carbocycles. The van der Waals surface area contributed by atoms with Crippen LogP contribution in [0.15, 0.2) is 9.59 Å². The van der Waals surface area contributed by atoms with E-state index in [0.717, 1.165) is 11.0 Å². The van der Waals surface area contributed by atoms with Crippen LogP contribution in [-0.4, -0.2) is 89.2 Å². The van der Waals surface area contributed by atoms with E-state index in [1.807, 2.05) is 6.92 Å². The van der Waals surface area contributed by atoms with E-state index in [4.69, 9.17) is 9.47 Å². The van der Waals surface area contributed by atoms with Gasteiger partial charge in [-0.25, -0.2) is 14.4 Å². The predicted molar refractivity (Wildman–Crippen MR) is 119 cm³/mol. The highest BCUT2D eigenvalue weighted by molar-refractivity contribution is 5.92. The average molecular weight is 499 g/mol. The van der Waals surface area contributed by atoms with Gasteiger partial charge in [-0.15, -0.1) is 9.78 Å². The number of hydrogen-bond donors (Lipinski definition) is 5. The Morgan fingerprint density at radius 1 is 1.06 bits per heavy atom. The molecule has 15 heteroatoms. The molecule has 5 N–H and O–H groups in total. The lowest BCUT2D eigenvalue weighted by Gasteiger charge is -2.37. The fourth-order valence-corrected chi connectivity index (χ4v) is 3.85. The van der Waals surface area contributed by atoms with Crippen molar-refractivity contribution >= 4 is 28.9 Å². The third-order valence-electron chi connectivity index (χ3n) is 5.67. The zero-order valence-corrected chi connectivity index (χ0v) is 19.4. The minimum absolute atomic E-state index is 0.0439. The second-order valence-electron chi connectivity index (χ2n) is 8.07.